The van der Waals surface area contributed by atoms with Crippen LogP contribution in [-0.4, -0.2) is 42.4 Å². The standard InChI is InChI=1S/C9H16N2O4S/c1-4-11-9(8(15-2)5-10-11)7(12)6-16(3,13)14/h5,7,12H,4,6H2,1-3H3. The van der Waals surface area contributed by atoms with Gasteiger partial charge < -0.3 is 9.84 Å². The second kappa shape index (κ2) is 4.84. The van der Waals surface area contributed by atoms with Gasteiger partial charge in [-0.1, -0.05) is 0 Å². The highest BCUT2D eigenvalue weighted by Crippen LogP contribution is 2.25. The van der Waals surface area contributed by atoms with Crippen LogP contribution in [0.15, 0.2) is 6.20 Å². The van der Waals surface area contributed by atoms with E-state index in [1.807, 2.05) is 6.92 Å². The predicted octanol–water partition coefficient (Wildman–Crippen LogP) is -0.0104. The first-order chi connectivity index (χ1) is 7.39. The number of nitrogens with zero attached hydrogens (tertiary/aromatic N) is 2. The summed E-state index contributed by atoms with van der Waals surface area (Å²) in [6.07, 6.45) is 1.42. The molecule has 1 unspecified atom stereocenters. The van der Waals surface area contributed by atoms with E-state index in [0.717, 1.165) is 6.26 Å². The fraction of sp³-hybridized carbons (Fsp3) is 0.667. The van der Waals surface area contributed by atoms with Crippen molar-refractivity contribution in [2.24, 2.45) is 0 Å². The molecular weight excluding hydrogens is 232 g/mol. The minimum absolute atomic E-state index is 0.338. The van der Waals surface area contributed by atoms with Crippen molar-refractivity contribution in [2.75, 3.05) is 19.1 Å². The third-order valence-corrected chi connectivity index (χ3v) is 3.06. The summed E-state index contributed by atoms with van der Waals surface area (Å²) >= 11 is 0. The highest BCUT2D eigenvalue weighted by Gasteiger charge is 2.22. The van der Waals surface area contributed by atoms with Gasteiger partial charge >= 0.3 is 0 Å². The van der Waals surface area contributed by atoms with Gasteiger partial charge in [-0.3, -0.25) is 4.68 Å². The first-order valence-electron chi connectivity index (χ1n) is 4.84. The number of sulfone groups is 1. The Bertz CT molecular complexity index is 431. The molecule has 0 saturated heterocycles. The molecule has 0 amide bonds. The van der Waals surface area contributed by atoms with Crippen LogP contribution in [0.1, 0.15) is 18.7 Å². The Hall–Kier alpha value is -1.08. The van der Waals surface area contributed by atoms with Crippen LogP contribution < -0.4 is 4.74 Å². The van der Waals surface area contributed by atoms with Crippen LogP contribution in [-0.2, 0) is 16.4 Å². The first-order valence-corrected chi connectivity index (χ1v) is 6.90. The van der Waals surface area contributed by atoms with Crippen LogP contribution in [0.5, 0.6) is 5.75 Å². The molecule has 1 heterocycles. The summed E-state index contributed by atoms with van der Waals surface area (Å²) in [4.78, 5) is 0. The van der Waals surface area contributed by atoms with Gasteiger partial charge in [-0.15, -0.1) is 0 Å². The molecule has 1 rings (SSSR count). The molecule has 7 heteroatoms. The zero-order valence-corrected chi connectivity index (χ0v) is 10.4. The molecule has 0 fully saturated rings. The minimum Gasteiger partial charge on any atom is -0.493 e. The molecule has 1 atom stereocenters. The lowest BCUT2D eigenvalue weighted by Crippen LogP contribution is -2.17. The summed E-state index contributed by atoms with van der Waals surface area (Å²) in [7, 11) is -1.79. The number of rotatable bonds is 5. The molecule has 1 N–H and O–H groups in total. The Labute approximate surface area is 94.8 Å². The highest BCUT2D eigenvalue weighted by atomic mass is 32.2. The summed E-state index contributed by atoms with van der Waals surface area (Å²) < 4.78 is 28.8. The lowest BCUT2D eigenvalue weighted by atomic mass is 10.2. The largest absolute Gasteiger partial charge is 0.493 e. The lowest BCUT2D eigenvalue weighted by molar-refractivity contribution is 0.185. The van der Waals surface area contributed by atoms with E-state index < -0.39 is 15.9 Å². The van der Waals surface area contributed by atoms with E-state index >= 15 is 0 Å². The summed E-state index contributed by atoms with van der Waals surface area (Å²) in [5, 5.41) is 13.8. The molecule has 0 aliphatic heterocycles. The highest BCUT2D eigenvalue weighted by molar-refractivity contribution is 7.90. The quantitative estimate of drug-likeness (QED) is 0.792. The molecule has 0 spiro atoms. The fourth-order valence-electron chi connectivity index (χ4n) is 1.49. The normalized spacial score (nSPS) is 13.8. The third kappa shape index (κ3) is 2.96. The van der Waals surface area contributed by atoms with Gasteiger partial charge in [0, 0.05) is 12.8 Å². The Balaban J connectivity index is 3.05. The maximum atomic E-state index is 11.1. The number of aryl methyl sites for hydroxylation is 1. The average Bonchev–Trinajstić information content (AvgIpc) is 2.57. The van der Waals surface area contributed by atoms with E-state index in [1.54, 1.807) is 0 Å². The van der Waals surface area contributed by atoms with Crippen molar-refractivity contribution in [3.63, 3.8) is 0 Å². The zero-order chi connectivity index (χ0) is 12.3. The number of hydrogen-bond donors (Lipinski definition) is 1. The van der Waals surface area contributed by atoms with Crippen LogP contribution in [0, 0.1) is 0 Å². The van der Waals surface area contributed by atoms with Crippen molar-refractivity contribution in [2.45, 2.75) is 19.6 Å². The molecule has 92 valence electrons. The van der Waals surface area contributed by atoms with Crippen molar-refractivity contribution >= 4 is 9.84 Å². The summed E-state index contributed by atoms with van der Waals surface area (Å²) in [5.74, 6) is 0.0627. The topological polar surface area (TPSA) is 81.4 Å². The Morgan fingerprint density at radius 2 is 2.25 bits per heavy atom. The van der Waals surface area contributed by atoms with Gasteiger partial charge in [-0.25, -0.2) is 8.42 Å². The molecule has 6 nitrogen and oxygen atoms in total. The van der Waals surface area contributed by atoms with Crippen molar-refractivity contribution in [1.82, 2.24) is 9.78 Å². The predicted molar refractivity (Wildman–Crippen MR) is 59.1 cm³/mol. The van der Waals surface area contributed by atoms with E-state index in [9.17, 15) is 13.5 Å². The van der Waals surface area contributed by atoms with Crippen LogP contribution in [0.25, 0.3) is 0 Å². The zero-order valence-electron chi connectivity index (χ0n) is 9.54. The van der Waals surface area contributed by atoms with Crippen LogP contribution >= 0.6 is 0 Å². The molecule has 1 aromatic heterocycles. The second-order valence-electron chi connectivity index (χ2n) is 3.52. The number of hydrogen-bond acceptors (Lipinski definition) is 5. The molecule has 0 bridgehead atoms. The maximum Gasteiger partial charge on any atom is 0.162 e. The van der Waals surface area contributed by atoms with Gasteiger partial charge in [-0.2, -0.15) is 5.10 Å². The smallest absolute Gasteiger partial charge is 0.162 e. The SMILES string of the molecule is CCn1ncc(OC)c1C(O)CS(C)(=O)=O. The Kier molecular flexibility index (Phi) is 3.93. The monoisotopic (exact) mass is 248 g/mol. The van der Waals surface area contributed by atoms with E-state index in [0.29, 0.717) is 18.0 Å². The van der Waals surface area contributed by atoms with Gasteiger partial charge in [-0.05, 0) is 6.92 Å². The number of methoxy groups -OCH3 is 1. The van der Waals surface area contributed by atoms with Gasteiger partial charge in [0.25, 0.3) is 0 Å². The molecule has 16 heavy (non-hydrogen) atoms. The van der Waals surface area contributed by atoms with E-state index in [4.69, 9.17) is 4.74 Å². The molecule has 0 radical (unpaired) electrons. The molecular formula is C9H16N2O4S. The van der Waals surface area contributed by atoms with E-state index in [-0.39, 0.29) is 5.75 Å². The second-order valence-corrected chi connectivity index (χ2v) is 5.71. The van der Waals surface area contributed by atoms with Crippen molar-refractivity contribution in [3.05, 3.63) is 11.9 Å². The van der Waals surface area contributed by atoms with Gasteiger partial charge in [0.05, 0.1) is 19.1 Å². The van der Waals surface area contributed by atoms with E-state index in [1.165, 1.54) is 18.0 Å². The van der Waals surface area contributed by atoms with E-state index in [2.05, 4.69) is 5.10 Å². The number of aromatic nitrogens is 2. The number of ether oxygens (including phenoxy) is 1. The molecule has 0 aliphatic carbocycles. The van der Waals surface area contributed by atoms with Crippen molar-refractivity contribution < 1.29 is 18.3 Å². The van der Waals surface area contributed by atoms with Crippen LogP contribution in [0.3, 0.4) is 0 Å². The van der Waals surface area contributed by atoms with Crippen molar-refractivity contribution in [3.8, 4) is 5.75 Å². The number of aliphatic hydroxyl groups excluding tert-OH is 1. The Morgan fingerprint density at radius 3 is 2.69 bits per heavy atom. The maximum absolute atomic E-state index is 11.1. The van der Waals surface area contributed by atoms with Crippen molar-refractivity contribution in [1.29, 1.82) is 0 Å². The van der Waals surface area contributed by atoms with Gasteiger partial charge in [0.2, 0.25) is 0 Å². The average molecular weight is 248 g/mol. The molecule has 0 aromatic carbocycles. The first kappa shape index (κ1) is 13.0. The summed E-state index contributed by atoms with van der Waals surface area (Å²) in [6, 6.07) is 0. The lowest BCUT2D eigenvalue weighted by Gasteiger charge is -2.12. The van der Waals surface area contributed by atoms with Gasteiger partial charge in [0.15, 0.2) is 5.75 Å². The third-order valence-electron chi connectivity index (χ3n) is 2.14. The molecule has 1 aromatic rings. The van der Waals surface area contributed by atoms with Crippen LogP contribution in [0.2, 0.25) is 0 Å². The molecule has 0 saturated carbocycles. The van der Waals surface area contributed by atoms with Crippen LogP contribution in [0.4, 0.5) is 0 Å². The summed E-state index contributed by atoms with van der Waals surface area (Å²) in [5.41, 5.74) is 0.399. The molecule has 0 aliphatic rings. The summed E-state index contributed by atoms with van der Waals surface area (Å²) in [6.45, 7) is 2.39. The number of aliphatic hydroxyl groups is 1. The fourth-order valence-corrected chi connectivity index (χ4v) is 2.22. The Morgan fingerprint density at radius 1 is 1.62 bits per heavy atom. The minimum atomic E-state index is -3.25. The van der Waals surface area contributed by atoms with Gasteiger partial charge in [0.1, 0.15) is 21.6 Å².